The Hall–Kier alpha value is -2.82. The Morgan fingerprint density at radius 1 is 1.17 bits per heavy atom. The number of carbonyl (C=O) groups excluding carboxylic acids is 2. The lowest BCUT2D eigenvalue weighted by atomic mass is 10.0. The number of aromatic nitrogens is 2. The lowest BCUT2D eigenvalue weighted by Gasteiger charge is -2.23. The molecule has 1 amide bonds. The second-order valence-corrected chi connectivity index (χ2v) is 6.28. The molecule has 0 radical (unpaired) electrons. The largest absolute Gasteiger partial charge is 0.363 e. The first-order valence-electron chi connectivity index (χ1n) is 8.22. The van der Waals surface area contributed by atoms with Gasteiger partial charge in [0.1, 0.15) is 0 Å². The maximum Gasteiger partial charge on any atom is 0.295 e. The standard InChI is InChI=1S/C19H19N3O2/c1-12-17(13-6-2-3-7-14(13)21-12)18(23)19(24)22-11-5-9-16(22)15-8-4-10-20-15/h2-4,6-8,10,16,20-21H,5,9,11H2,1H3. The predicted octanol–water partition coefficient (Wildman–Crippen LogP) is 3.35. The average Bonchev–Trinajstić information content (AvgIpc) is 3.31. The third-order valence-corrected chi connectivity index (χ3v) is 4.81. The van der Waals surface area contributed by atoms with E-state index in [0.717, 1.165) is 35.1 Å². The summed E-state index contributed by atoms with van der Waals surface area (Å²) in [5.74, 6) is -0.844. The van der Waals surface area contributed by atoms with Crippen LogP contribution in [0.5, 0.6) is 0 Å². The highest BCUT2D eigenvalue weighted by atomic mass is 16.2. The zero-order chi connectivity index (χ0) is 16.7. The molecular weight excluding hydrogens is 302 g/mol. The number of nitrogens with one attached hydrogen (secondary N) is 2. The lowest BCUT2D eigenvalue weighted by Crippen LogP contribution is -2.36. The van der Waals surface area contributed by atoms with Crippen LogP contribution < -0.4 is 0 Å². The van der Waals surface area contributed by atoms with E-state index in [0.29, 0.717) is 12.1 Å². The number of nitrogens with zero attached hydrogens (tertiary/aromatic N) is 1. The molecule has 0 aliphatic carbocycles. The van der Waals surface area contributed by atoms with Crippen molar-refractivity contribution in [1.82, 2.24) is 14.9 Å². The van der Waals surface area contributed by atoms with E-state index < -0.39 is 11.7 Å². The van der Waals surface area contributed by atoms with Gasteiger partial charge in [-0.05, 0) is 38.0 Å². The highest BCUT2D eigenvalue weighted by Gasteiger charge is 2.35. The zero-order valence-electron chi connectivity index (χ0n) is 13.5. The summed E-state index contributed by atoms with van der Waals surface area (Å²) in [4.78, 5) is 33.9. The van der Waals surface area contributed by atoms with Crippen molar-refractivity contribution in [2.75, 3.05) is 6.54 Å². The number of ketones is 1. The second-order valence-electron chi connectivity index (χ2n) is 6.28. The van der Waals surface area contributed by atoms with Crippen molar-refractivity contribution < 1.29 is 9.59 Å². The first kappa shape index (κ1) is 14.8. The van der Waals surface area contributed by atoms with E-state index in [1.54, 1.807) is 4.90 Å². The molecule has 1 aliphatic heterocycles. The number of hydrogen-bond acceptors (Lipinski definition) is 2. The summed E-state index contributed by atoms with van der Waals surface area (Å²) in [7, 11) is 0. The molecule has 122 valence electrons. The summed E-state index contributed by atoms with van der Waals surface area (Å²) >= 11 is 0. The summed E-state index contributed by atoms with van der Waals surface area (Å²) < 4.78 is 0. The number of H-pyrrole nitrogens is 2. The van der Waals surface area contributed by atoms with Crippen molar-refractivity contribution >= 4 is 22.6 Å². The van der Waals surface area contributed by atoms with Gasteiger partial charge in [-0.15, -0.1) is 0 Å². The summed E-state index contributed by atoms with van der Waals surface area (Å²) in [6, 6.07) is 11.4. The number of benzene rings is 1. The van der Waals surface area contributed by atoms with E-state index >= 15 is 0 Å². The maximum absolute atomic E-state index is 12.9. The van der Waals surface area contributed by atoms with Gasteiger partial charge in [-0.2, -0.15) is 0 Å². The fraction of sp³-hybridized carbons (Fsp3) is 0.263. The highest BCUT2D eigenvalue weighted by molar-refractivity contribution is 6.45. The molecule has 5 nitrogen and oxygen atoms in total. The van der Waals surface area contributed by atoms with Gasteiger partial charge in [-0.25, -0.2) is 0 Å². The van der Waals surface area contributed by atoms with Crippen molar-refractivity contribution in [2.24, 2.45) is 0 Å². The maximum atomic E-state index is 12.9. The molecule has 1 atom stereocenters. The van der Waals surface area contributed by atoms with Gasteiger partial charge in [0.15, 0.2) is 0 Å². The molecule has 1 aliphatic rings. The van der Waals surface area contributed by atoms with Crippen LogP contribution in [-0.4, -0.2) is 33.1 Å². The summed E-state index contributed by atoms with van der Waals surface area (Å²) in [5, 5.41) is 0.809. The number of para-hydroxylation sites is 1. The Morgan fingerprint density at radius 2 is 2.00 bits per heavy atom. The zero-order valence-corrected chi connectivity index (χ0v) is 13.5. The molecule has 5 heteroatoms. The van der Waals surface area contributed by atoms with Gasteiger partial charge < -0.3 is 14.9 Å². The van der Waals surface area contributed by atoms with Gasteiger partial charge >= 0.3 is 0 Å². The number of amides is 1. The minimum Gasteiger partial charge on any atom is -0.363 e. The first-order chi connectivity index (χ1) is 11.7. The van der Waals surface area contributed by atoms with Crippen LogP contribution in [0.3, 0.4) is 0 Å². The fourth-order valence-electron chi connectivity index (χ4n) is 3.69. The van der Waals surface area contributed by atoms with Gasteiger partial charge in [0.05, 0.1) is 11.6 Å². The van der Waals surface area contributed by atoms with E-state index in [1.165, 1.54) is 0 Å². The highest BCUT2D eigenvalue weighted by Crippen LogP contribution is 2.32. The molecule has 3 aromatic rings. The summed E-state index contributed by atoms with van der Waals surface area (Å²) in [5.41, 5.74) is 3.11. The number of hydrogen-bond donors (Lipinski definition) is 2. The van der Waals surface area contributed by atoms with E-state index in [9.17, 15) is 9.59 Å². The molecular formula is C19H19N3O2. The Labute approximate surface area is 139 Å². The average molecular weight is 321 g/mol. The third-order valence-electron chi connectivity index (χ3n) is 4.81. The minimum atomic E-state index is -0.427. The molecule has 0 saturated carbocycles. The Morgan fingerprint density at radius 3 is 2.79 bits per heavy atom. The molecule has 3 heterocycles. The predicted molar refractivity (Wildman–Crippen MR) is 91.8 cm³/mol. The van der Waals surface area contributed by atoms with Crippen molar-refractivity contribution in [3.05, 3.63) is 59.5 Å². The van der Waals surface area contributed by atoms with Gasteiger partial charge in [0.2, 0.25) is 0 Å². The normalized spacial score (nSPS) is 17.5. The number of rotatable bonds is 3. The van der Waals surface area contributed by atoms with E-state index in [4.69, 9.17) is 0 Å². The monoisotopic (exact) mass is 321 g/mol. The topological polar surface area (TPSA) is 69.0 Å². The van der Waals surface area contributed by atoms with Gasteiger partial charge in [0.25, 0.3) is 11.7 Å². The van der Waals surface area contributed by atoms with Crippen LogP contribution in [0, 0.1) is 6.92 Å². The molecule has 1 unspecified atom stereocenters. The van der Waals surface area contributed by atoms with E-state index in [1.807, 2.05) is 49.5 Å². The SMILES string of the molecule is Cc1[nH]c2ccccc2c1C(=O)C(=O)N1CCCC1c1ccc[nH]1. The van der Waals surface area contributed by atoms with Crippen molar-refractivity contribution in [1.29, 1.82) is 0 Å². The number of carbonyl (C=O) groups is 2. The molecule has 1 fully saturated rings. The third kappa shape index (κ3) is 2.24. The molecule has 1 aromatic carbocycles. The number of likely N-dealkylation sites (tertiary alicyclic amines) is 1. The molecule has 2 N–H and O–H groups in total. The molecule has 2 aromatic heterocycles. The molecule has 0 spiro atoms. The van der Waals surface area contributed by atoms with Crippen LogP contribution in [0.2, 0.25) is 0 Å². The number of aryl methyl sites for hydroxylation is 1. The summed E-state index contributed by atoms with van der Waals surface area (Å²) in [6.07, 6.45) is 3.64. The van der Waals surface area contributed by atoms with Crippen LogP contribution in [0.15, 0.2) is 42.6 Å². The number of aromatic amines is 2. The van der Waals surface area contributed by atoms with Crippen LogP contribution in [0.4, 0.5) is 0 Å². The molecule has 4 rings (SSSR count). The van der Waals surface area contributed by atoms with Crippen LogP contribution in [0.25, 0.3) is 10.9 Å². The van der Waals surface area contributed by atoms with Crippen LogP contribution in [-0.2, 0) is 4.79 Å². The van der Waals surface area contributed by atoms with Crippen molar-refractivity contribution in [3.8, 4) is 0 Å². The van der Waals surface area contributed by atoms with Gasteiger partial charge in [0, 0.05) is 35.0 Å². The van der Waals surface area contributed by atoms with E-state index in [-0.39, 0.29) is 6.04 Å². The van der Waals surface area contributed by atoms with Crippen molar-refractivity contribution in [2.45, 2.75) is 25.8 Å². The molecule has 1 saturated heterocycles. The number of Topliss-reactive ketones (excluding diaryl/α,β-unsaturated/α-hetero) is 1. The van der Waals surface area contributed by atoms with Gasteiger partial charge in [-0.3, -0.25) is 9.59 Å². The smallest absolute Gasteiger partial charge is 0.295 e. The van der Waals surface area contributed by atoms with Crippen molar-refractivity contribution in [3.63, 3.8) is 0 Å². The Kier molecular flexibility index (Phi) is 3.49. The fourth-order valence-corrected chi connectivity index (χ4v) is 3.69. The lowest BCUT2D eigenvalue weighted by molar-refractivity contribution is -0.127. The van der Waals surface area contributed by atoms with Crippen LogP contribution in [0.1, 0.15) is 40.6 Å². The number of fused-ring (bicyclic) bond motifs is 1. The molecule has 0 bridgehead atoms. The molecule has 24 heavy (non-hydrogen) atoms. The Balaban J connectivity index is 1.69. The quantitative estimate of drug-likeness (QED) is 0.574. The van der Waals surface area contributed by atoms with Gasteiger partial charge in [-0.1, -0.05) is 18.2 Å². The van der Waals surface area contributed by atoms with Crippen LogP contribution >= 0.6 is 0 Å². The minimum absolute atomic E-state index is 0.0398. The first-order valence-corrected chi connectivity index (χ1v) is 8.22. The van der Waals surface area contributed by atoms with E-state index in [2.05, 4.69) is 9.97 Å². The Bertz CT molecular complexity index is 908. The second kappa shape index (κ2) is 5.67. The summed E-state index contributed by atoms with van der Waals surface area (Å²) in [6.45, 7) is 2.46.